The highest BCUT2D eigenvalue weighted by Gasteiger charge is 2.33. The van der Waals surface area contributed by atoms with Crippen molar-refractivity contribution in [2.24, 2.45) is 0 Å². The second kappa shape index (κ2) is 6.16. The fourth-order valence-electron chi connectivity index (χ4n) is 3.56. The molecule has 0 spiro atoms. The van der Waals surface area contributed by atoms with Crippen LogP contribution in [0.3, 0.4) is 0 Å². The number of rotatable bonds is 3. The van der Waals surface area contributed by atoms with Gasteiger partial charge in [-0.25, -0.2) is 0 Å². The number of ketones is 1. The number of nitrogens with zero attached hydrogens (tertiary/aromatic N) is 2. The van der Waals surface area contributed by atoms with Crippen molar-refractivity contribution < 1.29 is 9.90 Å². The zero-order valence-corrected chi connectivity index (χ0v) is 12.7. The highest BCUT2D eigenvalue weighted by molar-refractivity contribution is 5.97. The smallest absolute Gasteiger partial charge is 0.176 e. The number of carbonyl (C=O) groups is 1. The predicted octanol–water partition coefficient (Wildman–Crippen LogP) is 2.13. The summed E-state index contributed by atoms with van der Waals surface area (Å²) in [5.41, 5.74) is 0.686. The van der Waals surface area contributed by atoms with Crippen molar-refractivity contribution in [3.8, 4) is 5.75 Å². The lowest BCUT2D eigenvalue weighted by atomic mass is 9.96. The number of carbonyl (C=O) groups excluding carboxylic acids is 1. The molecule has 4 nitrogen and oxygen atoms in total. The zero-order chi connectivity index (χ0) is 14.8. The van der Waals surface area contributed by atoms with Gasteiger partial charge in [0.2, 0.25) is 0 Å². The van der Waals surface area contributed by atoms with E-state index in [9.17, 15) is 9.90 Å². The molecule has 0 radical (unpaired) electrons. The molecule has 2 fully saturated rings. The van der Waals surface area contributed by atoms with Gasteiger partial charge >= 0.3 is 0 Å². The molecule has 21 heavy (non-hydrogen) atoms. The second-order valence-corrected chi connectivity index (χ2v) is 6.39. The van der Waals surface area contributed by atoms with Crippen molar-refractivity contribution in [3.63, 3.8) is 0 Å². The van der Waals surface area contributed by atoms with Gasteiger partial charge in [0.05, 0.1) is 6.54 Å². The van der Waals surface area contributed by atoms with Crippen LogP contribution in [0.5, 0.6) is 5.75 Å². The lowest BCUT2D eigenvalue weighted by molar-refractivity contribution is 0.0166. The third kappa shape index (κ3) is 3.27. The summed E-state index contributed by atoms with van der Waals surface area (Å²) in [6, 6.07) is 7.63. The molecule has 3 rings (SSSR count). The van der Waals surface area contributed by atoms with E-state index in [1.807, 2.05) is 0 Å². The van der Waals surface area contributed by atoms with Crippen molar-refractivity contribution in [1.29, 1.82) is 0 Å². The Morgan fingerprint density at radius 3 is 2.76 bits per heavy atom. The summed E-state index contributed by atoms with van der Waals surface area (Å²) >= 11 is 0. The van der Waals surface area contributed by atoms with Gasteiger partial charge in [0, 0.05) is 30.7 Å². The van der Waals surface area contributed by atoms with Gasteiger partial charge in [-0.15, -0.1) is 0 Å². The van der Waals surface area contributed by atoms with E-state index in [1.165, 1.54) is 25.8 Å². The molecule has 2 atom stereocenters. The fourth-order valence-corrected chi connectivity index (χ4v) is 3.56. The maximum Gasteiger partial charge on any atom is 0.176 e. The monoisotopic (exact) mass is 288 g/mol. The van der Waals surface area contributed by atoms with Crippen LogP contribution in [0.1, 0.15) is 36.5 Å². The maximum atomic E-state index is 12.4. The average Bonchev–Trinajstić information content (AvgIpc) is 2.48. The maximum absolute atomic E-state index is 12.4. The molecule has 2 saturated heterocycles. The first kappa shape index (κ1) is 14.5. The molecule has 2 unspecified atom stereocenters. The summed E-state index contributed by atoms with van der Waals surface area (Å²) in [7, 11) is 0. The van der Waals surface area contributed by atoms with E-state index < -0.39 is 0 Å². The number of benzene rings is 1. The van der Waals surface area contributed by atoms with Crippen molar-refractivity contribution in [1.82, 2.24) is 9.80 Å². The number of aromatic hydroxyl groups is 1. The molecule has 0 bridgehead atoms. The van der Waals surface area contributed by atoms with E-state index >= 15 is 0 Å². The molecular formula is C17H24N2O2. The summed E-state index contributed by atoms with van der Waals surface area (Å²) in [5.74, 6) is 0.349. The number of Topliss-reactive ketones (excluding diaryl/α,β-unsaturated/α-hetero) is 1. The van der Waals surface area contributed by atoms with Gasteiger partial charge in [0.25, 0.3) is 0 Å². The van der Waals surface area contributed by atoms with E-state index in [-0.39, 0.29) is 11.5 Å². The molecule has 0 aromatic heterocycles. The lowest BCUT2D eigenvalue weighted by Crippen LogP contribution is -2.59. The number of piperidine rings is 1. The molecule has 0 amide bonds. The Balaban J connectivity index is 1.63. The Hall–Kier alpha value is -1.39. The van der Waals surface area contributed by atoms with Crippen molar-refractivity contribution in [2.75, 3.05) is 26.2 Å². The Morgan fingerprint density at radius 2 is 2.00 bits per heavy atom. The first-order valence-electron chi connectivity index (χ1n) is 7.94. The van der Waals surface area contributed by atoms with Crippen molar-refractivity contribution in [3.05, 3.63) is 29.8 Å². The van der Waals surface area contributed by atoms with Crippen LogP contribution < -0.4 is 0 Å². The summed E-state index contributed by atoms with van der Waals surface area (Å²) < 4.78 is 0. The Morgan fingerprint density at radius 1 is 1.24 bits per heavy atom. The largest absolute Gasteiger partial charge is 0.508 e. The van der Waals surface area contributed by atoms with Crippen molar-refractivity contribution in [2.45, 2.75) is 38.3 Å². The molecular weight excluding hydrogens is 264 g/mol. The van der Waals surface area contributed by atoms with Crippen molar-refractivity contribution >= 4 is 5.78 Å². The van der Waals surface area contributed by atoms with Gasteiger partial charge in [-0.3, -0.25) is 14.6 Å². The third-order valence-electron chi connectivity index (χ3n) is 4.85. The normalized spacial score (nSPS) is 27.3. The lowest BCUT2D eigenvalue weighted by Gasteiger charge is -2.47. The number of phenols is 1. The first-order valence-corrected chi connectivity index (χ1v) is 7.94. The van der Waals surface area contributed by atoms with Crippen LogP contribution >= 0.6 is 0 Å². The molecule has 1 aromatic rings. The molecule has 1 aromatic carbocycles. The number of fused-ring (bicyclic) bond motifs is 1. The molecule has 4 heteroatoms. The minimum absolute atomic E-state index is 0.145. The van der Waals surface area contributed by atoms with Crippen LogP contribution in [0.15, 0.2) is 24.3 Å². The molecule has 0 saturated carbocycles. The van der Waals surface area contributed by atoms with Gasteiger partial charge in [0.15, 0.2) is 5.78 Å². The summed E-state index contributed by atoms with van der Waals surface area (Å²) in [4.78, 5) is 17.3. The second-order valence-electron chi connectivity index (χ2n) is 6.39. The number of hydrogen-bond donors (Lipinski definition) is 1. The molecule has 2 heterocycles. The topological polar surface area (TPSA) is 43.8 Å². The van der Waals surface area contributed by atoms with Crippen LogP contribution in [0, 0.1) is 0 Å². The Labute approximate surface area is 126 Å². The van der Waals surface area contributed by atoms with E-state index in [0.29, 0.717) is 24.2 Å². The highest BCUT2D eigenvalue weighted by Crippen LogP contribution is 2.24. The fraction of sp³-hybridized carbons (Fsp3) is 0.588. The van der Waals surface area contributed by atoms with E-state index in [2.05, 4.69) is 16.7 Å². The highest BCUT2D eigenvalue weighted by atomic mass is 16.3. The Bertz CT molecular complexity index is 500. The van der Waals surface area contributed by atoms with Crippen LogP contribution in [0.25, 0.3) is 0 Å². The van der Waals surface area contributed by atoms with Crippen LogP contribution in [0.2, 0.25) is 0 Å². The molecule has 0 aliphatic carbocycles. The van der Waals surface area contributed by atoms with Crippen LogP contribution in [-0.4, -0.2) is 59.0 Å². The molecule has 2 aliphatic heterocycles. The summed E-state index contributed by atoms with van der Waals surface area (Å²) in [6.07, 6.45) is 3.89. The van der Waals surface area contributed by atoms with E-state index in [4.69, 9.17) is 0 Å². The SMILES string of the molecule is CC1CN2CCCCC2CN1CC(=O)c1ccc(O)cc1. The quantitative estimate of drug-likeness (QED) is 0.865. The molecule has 114 valence electrons. The van der Waals surface area contributed by atoms with Gasteiger partial charge in [-0.1, -0.05) is 6.42 Å². The van der Waals surface area contributed by atoms with Gasteiger partial charge in [0.1, 0.15) is 5.75 Å². The average molecular weight is 288 g/mol. The minimum Gasteiger partial charge on any atom is -0.508 e. The van der Waals surface area contributed by atoms with Gasteiger partial charge < -0.3 is 5.11 Å². The third-order valence-corrected chi connectivity index (χ3v) is 4.85. The summed E-state index contributed by atoms with van der Waals surface area (Å²) in [6.45, 7) is 6.00. The standard InChI is InChI=1S/C17H24N2O2/c1-13-10-18-9-3-2-4-15(18)11-19(13)12-17(21)14-5-7-16(20)8-6-14/h5-8,13,15,20H,2-4,9-12H2,1H3. The van der Waals surface area contributed by atoms with Crippen LogP contribution in [-0.2, 0) is 0 Å². The predicted molar refractivity (Wildman–Crippen MR) is 82.7 cm³/mol. The molecule has 1 N–H and O–H groups in total. The minimum atomic E-state index is 0.145. The number of hydrogen-bond acceptors (Lipinski definition) is 4. The summed E-state index contributed by atoms with van der Waals surface area (Å²) in [5, 5.41) is 9.30. The van der Waals surface area contributed by atoms with Crippen LogP contribution in [0.4, 0.5) is 0 Å². The van der Waals surface area contributed by atoms with E-state index in [1.54, 1.807) is 24.3 Å². The van der Waals surface area contributed by atoms with Gasteiger partial charge in [-0.2, -0.15) is 0 Å². The zero-order valence-electron chi connectivity index (χ0n) is 12.7. The number of phenolic OH excluding ortho intramolecular Hbond substituents is 1. The first-order chi connectivity index (χ1) is 10.1. The Kier molecular flexibility index (Phi) is 4.27. The van der Waals surface area contributed by atoms with Gasteiger partial charge in [-0.05, 0) is 50.6 Å². The van der Waals surface area contributed by atoms with E-state index in [0.717, 1.165) is 13.1 Å². The number of piperazine rings is 1. The molecule has 2 aliphatic rings.